The normalized spacial score (nSPS) is 12.9. The van der Waals surface area contributed by atoms with Gasteiger partial charge in [-0.15, -0.1) is 11.3 Å². The van der Waals surface area contributed by atoms with Crippen LogP contribution in [0.3, 0.4) is 0 Å². The van der Waals surface area contributed by atoms with Crippen LogP contribution in [0.2, 0.25) is 0 Å². The minimum Gasteiger partial charge on any atom is -0.481 e. The number of carbonyl (C=O) groups is 2. The molecule has 1 rings (SSSR count). The fourth-order valence-corrected chi connectivity index (χ4v) is 3.96. The van der Waals surface area contributed by atoms with E-state index < -0.39 is 28.0 Å². The van der Waals surface area contributed by atoms with Gasteiger partial charge in [-0.3, -0.25) is 4.79 Å². The SMILES string of the molecule is COC(=O)c1sccc1S(=O)(=O)NC(C)CC(=O)O. The largest absolute Gasteiger partial charge is 0.481 e. The molecule has 9 heteroatoms. The molecule has 1 atom stereocenters. The van der Waals surface area contributed by atoms with Crippen LogP contribution in [0.5, 0.6) is 0 Å². The van der Waals surface area contributed by atoms with Crippen molar-refractivity contribution in [3.8, 4) is 0 Å². The van der Waals surface area contributed by atoms with Crippen molar-refractivity contribution in [2.75, 3.05) is 7.11 Å². The summed E-state index contributed by atoms with van der Waals surface area (Å²) in [7, 11) is -2.80. The van der Waals surface area contributed by atoms with Gasteiger partial charge >= 0.3 is 11.9 Å². The first-order valence-corrected chi connectivity index (χ1v) is 7.54. The molecule has 2 N–H and O–H groups in total. The number of rotatable bonds is 6. The lowest BCUT2D eigenvalue weighted by molar-refractivity contribution is -0.137. The van der Waals surface area contributed by atoms with Gasteiger partial charge in [-0.25, -0.2) is 17.9 Å². The Labute approximate surface area is 114 Å². The highest BCUT2D eigenvalue weighted by atomic mass is 32.2. The number of carboxylic acid groups (broad SMARTS) is 1. The van der Waals surface area contributed by atoms with Gasteiger partial charge in [0.15, 0.2) is 0 Å². The molecule has 0 aliphatic heterocycles. The number of esters is 1. The van der Waals surface area contributed by atoms with Crippen molar-refractivity contribution < 1.29 is 27.9 Å². The predicted molar refractivity (Wildman–Crippen MR) is 67.7 cm³/mol. The number of sulfonamides is 1. The maximum absolute atomic E-state index is 12.0. The summed E-state index contributed by atoms with van der Waals surface area (Å²) in [6.45, 7) is 1.43. The molecule has 1 heterocycles. The number of hydrogen-bond acceptors (Lipinski definition) is 6. The van der Waals surface area contributed by atoms with Crippen LogP contribution in [-0.2, 0) is 19.6 Å². The molecule has 0 bridgehead atoms. The highest BCUT2D eigenvalue weighted by Crippen LogP contribution is 2.23. The van der Waals surface area contributed by atoms with Gasteiger partial charge < -0.3 is 9.84 Å². The van der Waals surface area contributed by atoms with Gasteiger partial charge in [-0.05, 0) is 18.4 Å². The molecule has 0 radical (unpaired) electrons. The number of ether oxygens (including phenoxy) is 1. The van der Waals surface area contributed by atoms with Crippen LogP contribution < -0.4 is 4.72 Å². The molecule has 0 aliphatic rings. The minimum atomic E-state index is -3.95. The maximum atomic E-state index is 12.0. The molecule has 7 nitrogen and oxygen atoms in total. The van der Waals surface area contributed by atoms with Crippen molar-refractivity contribution >= 4 is 33.3 Å². The number of thiophene rings is 1. The van der Waals surface area contributed by atoms with Gasteiger partial charge in [-0.1, -0.05) is 0 Å². The summed E-state index contributed by atoms with van der Waals surface area (Å²) in [5.41, 5.74) is 0. The minimum absolute atomic E-state index is 0.0440. The van der Waals surface area contributed by atoms with Gasteiger partial charge in [0.1, 0.15) is 9.77 Å². The molecule has 0 fully saturated rings. The van der Waals surface area contributed by atoms with E-state index in [9.17, 15) is 18.0 Å². The van der Waals surface area contributed by atoms with E-state index in [1.54, 1.807) is 0 Å². The third-order valence-electron chi connectivity index (χ3n) is 2.13. The van der Waals surface area contributed by atoms with Crippen molar-refractivity contribution in [2.45, 2.75) is 24.3 Å². The molecule has 0 aromatic carbocycles. The van der Waals surface area contributed by atoms with Gasteiger partial charge in [0.25, 0.3) is 0 Å². The van der Waals surface area contributed by atoms with Gasteiger partial charge in [0.05, 0.1) is 13.5 Å². The summed E-state index contributed by atoms with van der Waals surface area (Å²) < 4.78 is 30.7. The zero-order valence-electron chi connectivity index (χ0n) is 10.2. The van der Waals surface area contributed by atoms with E-state index in [0.29, 0.717) is 0 Å². The van der Waals surface area contributed by atoms with E-state index in [1.807, 2.05) is 0 Å². The number of hydrogen-bond donors (Lipinski definition) is 2. The smallest absolute Gasteiger partial charge is 0.349 e. The molecule has 19 heavy (non-hydrogen) atoms. The van der Waals surface area contributed by atoms with Crippen molar-refractivity contribution in [1.29, 1.82) is 0 Å². The van der Waals surface area contributed by atoms with E-state index in [4.69, 9.17) is 5.11 Å². The summed E-state index contributed by atoms with van der Waals surface area (Å²) in [5.74, 6) is -1.87. The van der Waals surface area contributed by atoms with Crippen LogP contribution in [0.4, 0.5) is 0 Å². The topological polar surface area (TPSA) is 110 Å². The zero-order valence-corrected chi connectivity index (χ0v) is 11.9. The predicted octanol–water partition coefficient (Wildman–Crippen LogP) is 0.676. The first kappa shape index (κ1) is 15.6. The average molecular weight is 307 g/mol. The Bertz CT molecular complexity index is 577. The fourth-order valence-electron chi connectivity index (χ4n) is 1.38. The summed E-state index contributed by atoms with van der Waals surface area (Å²) in [4.78, 5) is 21.7. The molecule has 106 valence electrons. The molecule has 1 aromatic heterocycles. The lowest BCUT2D eigenvalue weighted by atomic mass is 10.3. The Morgan fingerprint density at radius 3 is 2.68 bits per heavy atom. The van der Waals surface area contributed by atoms with Crippen LogP contribution in [0.15, 0.2) is 16.3 Å². The molecular weight excluding hydrogens is 294 g/mol. The van der Waals surface area contributed by atoms with E-state index in [1.165, 1.54) is 18.4 Å². The monoisotopic (exact) mass is 307 g/mol. The Morgan fingerprint density at radius 2 is 2.16 bits per heavy atom. The van der Waals surface area contributed by atoms with Crippen molar-refractivity contribution in [2.24, 2.45) is 0 Å². The second-order valence-corrected chi connectivity index (χ2v) is 6.32. The second kappa shape index (κ2) is 6.13. The number of aliphatic carboxylic acids is 1. The van der Waals surface area contributed by atoms with Crippen LogP contribution in [-0.4, -0.2) is 38.6 Å². The van der Waals surface area contributed by atoms with E-state index >= 15 is 0 Å². The third-order valence-corrected chi connectivity index (χ3v) is 4.78. The average Bonchev–Trinajstić information content (AvgIpc) is 2.75. The summed E-state index contributed by atoms with van der Waals surface area (Å²) in [6, 6.07) is 0.486. The van der Waals surface area contributed by atoms with Crippen molar-refractivity contribution in [3.05, 3.63) is 16.3 Å². The number of nitrogens with one attached hydrogen (secondary N) is 1. The standard InChI is InChI=1S/C10H13NO6S2/c1-6(5-8(12)13)11-19(15,16)7-3-4-18-9(7)10(14)17-2/h3-4,6,11H,5H2,1-2H3,(H,12,13). The highest BCUT2D eigenvalue weighted by Gasteiger charge is 2.26. The molecule has 0 amide bonds. The van der Waals surface area contributed by atoms with Crippen molar-refractivity contribution in [1.82, 2.24) is 4.72 Å². The van der Waals surface area contributed by atoms with E-state index in [-0.39, 0.29) is 16.2 Å². The Hall–Kier alpha value is -1.45. The molecule has 1 aromatic rings. The zero-order chi connectivity index (χ0) is 14.6. The van der Waals surface area contributed by atoms with Crippen LogP contribution in [0.1, 0.15) is 23.0 Å². The number of carboxylic acids is 1. The van der Waals surface area contributed by atoms with Gasteiger partial charge in [0, 0.05) is 6.04 Å². The molecule has 0 saturated carbocycles. The lowest BCUT2D eigenvalue weighted by Gasteiger charge is -2.12. The van der Waals surface area contributed by atoms with Crippen LogP contribution >= 0.6 is 11.3 Å². The Morgan fingerprint density at radius 1 is 1.53 bits per heavy atom. The Kier molecular flexibility index (Phi) is 5.04. The number of methoxy groups -OCH3 is 1. The molecule has 0 aliphatic carbocycles. The maximum Gasteiger partial charge on any atom is 0.349 e. The van der Waals surface area contributed by atoms with Crippen LogP contribution in [0.25, 0.3) is 0 Å². The molecule has 0 saturated heterocycles. The third kappa shape index (κ3) is 4.01. The number of carbonyl (C=O) groups excluding carboxylic acids is 1. The van der Waals surface area contributed by atoms with E-state index in [0.717, 1.165) is 18.4 Å². The van der Waals surface area contributed by atoms with Crippen molar-refractivity contribution in [3.63, 3.8) is 0 Å². The summed E-state index contributed by atoms with van der Waals surface area (Å²) >= 11 is 0.940. The second-order valence-electron chi connectivity index (χ2n) is 3.73. The van der Waals surface area contributed by atoms with E-state index in [2.05, 4.69) is 9.46 Å². The molecular formula is C10H13NO6S2. The summed E-state index contributed by atoms with van der Waals surface area (Å²) in [5, 5.41) is 10.0. The molecule has 1 unspecified atom stereocenters. The highest BCUT2D eigenvalue weighted by molar-refractivity contribution is 7.89. The van der Waals surface area contributed by atoms with Gasteiger partial charge in [-0.2, -0.15) is 0 Å². The molecule has 0 spiro atoms. The lowest BCUT2D eigenvalue weighted by Crippen LogP contribution is -2.34. The van der Waals surface area contributed by atoms with Crippen LogP contribution in [0, 0.1) is 0 Å². The Balaban J connectivity index is 2.98. The quantitative estimate of drug-likeness (QED) is 0.748. The first-order valence-electron chi connectivity index (χ1n) is 5.18. The first-order chi connectivity index (χ1) is 8.77. The summed E-state index contributed by atoms with van der Waals surface area (Å²) in [6.07, 6.45) is -0.350. The fraction of sp³-hybridized carbons (Fsp3) is 0.400. The van der Waals surface area contributed by atoms with Gasteiger partial charge in [0.2, 0.25) is 10.0 Å².